The quantitative estimate of drug-likeness (QED) is 0.784. The molecule has 8 nitrogen and oxygen atoms in total. The molecule has 1 amide bonds. The number of amides is 1. The fourth-order valence-electron chi connectivity index (χ4n) is 2.79. The number of aliphatic hydroxyl groups excluding tert-OH is 1. The van der Waals surface area contributed by atoms with Gasteiger partial charge >= 0.3 is 6.09 Å². The van der Waals surface area contributed by atoms with Gasteiger partial charge in [-0.2, -0.15) is 0 Å². The average Bonchev–Trinajstić information content (AvgIpc) is 2.55. The lowest BCUT2D eigenvalue weighted by Crippen LogP contribution is -2.49. The van der Waals surface area contributed by atoms with Crippen LogP contribution in [0.15, 0.2) is 11.8 Å². The van der Waals surface area contributed by atoms with Crippen molar-refractivity contribution in [2.45, 2.75) is 70.6 Å². The number of carbonyl (C=O) groups is 1. The van der Waals surface area contributed by atoms with Crippen LogP contribution in [0.1, 0.15) is 41.5 Å². The molecule has 8 heteroatoms. The first-order chi connectivity index (χ1) is 10.8. The molecule has 0 saturated carbocycles. The number of hydrogen-bond acceptors (Lipinski definition) is 6. The van der Waals surface area contributed by atoms with Crippen LogP contribution < -0.4 is 5.32 Å². The first-order valence-corrected chi connectivity index (χ1v) is 8.00. The Morgan fingerprint density at radius 2 is 1.83 bits per heavy atom. The van der Waals surface area contributed by atoms with Gasteiger partial charge in [-0.3, -0.25) is 0 Å². The van der Waals surface area contributed by atoms with Crippen molar-refractivity contribution in [1.82, 2.24) is 10.4 Å². The zero-order chi connectivity index (χ0) is 18.3. The number of carbonyl (C=O) groups excluding carboxylic acids is 1. The fourth-order valence-corrected chi connectivity index (χ4v) is 2.79. The summed E-state index contributed by atoms with van der Waals surface area (Å²) in [6, 6.07) is -0.666. The highest BCUT2D eigenvalue weighted by Crippen LogP contribution is 2.39. The average molecular weight is 343 g/mol. The van der Waals surface area contributed by atoms with Crippen molar-refractivity contribution < 1.29 is 29.3 Å². The van der Waals surface area contributed by atoms with Crippen molar-refractivity contribution in [1.29, 1.82) is 0 Å². The summed E-state index contributed by atoms with van der Waals surface area (Å²) in [4.78, 5) is 12.2. The topological polar surface area (TPSA) is 100 Å². The Morgan fingerprint density at radius 3 is 2.38 bits per heavy atom. The van der Waals surface area contributed by atoms with Crippen LogP contribution in [-0.4, -0.2) is 58.5 Å². The molecule has 2 heterocycles. The van der Waals surface area contributed by atoms with Crippen molar-refractivity contribution in [2.24, 2.45) is 0 Å². The van der Waals surface area contributed by atoms with Crippen molar-refractivity contribution in [3.63, 3.8) is 0 Å². The zero-order valence-corrected chi connectivity index (χ0v) is 15.1. The van der Waals surface area contributed by atoms with E-state index in [0.717, 1.165) is 5.06 Å². The Hall–Kier alpha value is -1.19. The number of ether oxygens (including phenoxy) is 3. The molecule has 0 aromatic rings. The number of aliphatic hydroxyl groups is 1. The summed E-state index contributed by atoms with van der Waals surface area (Å²) >= 11 is 0. The molecule has 0 aliphatic carbocycles. The van der Waals surface area contributed by atoms with Crippen molar-refractivity contribution in [2.75, 3.05) is 13.2 Å². The van der Waals surface area contributed by atoms with Crippen LogP contribution in [0.5, 0.6) is 0 Å². The van der Waals surface area contributed by atoms with Gasteiger partial charge in [-0.25, -0.2) is 4.79 Å². The van der Waals surface area contributed by atoms with E-state index in [4.69, 9.17) is 14.2 Å². The van der Waals surface area contributed by atoms with Crippen molar-refractivity contribution in [3.05, 3.63) is 11.8 Å². The largest absolute Gasteiger partial charge is 0.413 e. The van der Waals surface area contributed by atoms with Gasteiger partial charge in [-0.1, -0.05) is 0 Å². The normalized spacial score (nSPS) is 31.9. The minimum Gasteiger partial charge on any atom is -0.413 e. The Labute approximate surface area is 142 Å². The molecule has 2 aliphatic rings. The van der Waals surface area contributed by atoms with Crippen LogP contribution in [0.2, 0.25) is 0 Å². The highest BCUT2D eigenvalue weighted by molar-refractivity contribution is 5.69. The summed E-state index contributed by atoms with van der Waals surface area (Å²) in [5.74, 6) is -0.551. The minimum absolute atomic E-state index is 0.0352. The fraction of sp³-hybridized carbons (Fsp3) is 0.812. The standard InChI is InChI=1S/C16H27N2O6/c1-14(2)7-12(15(3,4)18(14)21)24-13(20)17-10-8-22-16(5,6)23-9-11(10)19/h7,10-11,19H,8-9H2,1-6H3,(H,17,20). The number of hydroxylamine groups is 2. The molecule has 0 spiro atoms. The van der Waals surface area contributed by atoms with Gasteiger partial charge in [0.15, 0.2) is 5.79 Å². The number of hydrogen-bond donors (Lipinski definition) is 2. The van der Waals surface area contributed by atoms with Crippen molar-refractivity contribution in [3.8, 4) is 0 Å². The SMILES string of the molecule is CC1(C)OCC(O)C(NC(=O)OC2=CC(C)(C)N([O])C2(C)C)CO1. The first-order valence-electron chi connectivity index (χ1n) is 8.00. The highest BCUT2D eigenvalue weighted by Gasteiger charge is 2.49. The maximum atomic E-state index is 12.3. The third kappa shape index (κ3) is 3.89. The molecule has 2 unspecified atom stereocenters. The van der Waals surface area contributed by atoms with E-state index in [0.29, 0.717) is 0 Å². The molecule has 0 bridgehead atoms. The van der Waals surface area contributed by atoms with E-state index in [1.807, 2.05) is 0 Å². The van der Waals surface area contributed by atoms with E-state index in [-0.39, 0.29) is 19.0 Å². The Balaban J connectivity index is 2.01. The zero-order valence-electron chi connectivity index (χ0n) is 15.1. The second-order valence-electron chi connectivity index (χ2n) is 7.75. The van der Waals surface area contributed by atoms with Crippen LogP contribution in [0.25, 0.3) is 0 Å². The summed E-state index contributed by atoms with van der Waals surface area (Å²) in [6.07, 6.45) is -0.0311. The maximum absolute atomic E-state index is 12.3. The van der Waals surface area contributed by atoms with Crippen LogP contribution in [0.3, 0.4) is 0 Å². The predicted octanol–water partition coefficient (Wildman–Crippen LogP) is 1.33. The molecule has 2 aliphatic heterocycles. The Bertz CT molecular complexity index is 529. The molecule has 2 atom stereocenters. The summed E-state index contributed by atoms with van der Waals surface area (Å²) in [5.41, 5.74) is -1.72. The molecule has 0 aromatic heterocycles. The Kier molecular flexibility index (Phi) is 5.00. The van der Waals surface area contributed by atoms with Gasteiger partial charge in [0.25, 0.3) is 0 Å². The van der Waals surface area contributed by atoms with E-state index < -0.39 is 35.1 Å². The molecule has 24 heavy (non-hydrogen) atoms. The van der Waals surface area contributed by atoms with Gasteiger partial charge in [0, 0.05) is 0 Å². The van der Waals surface area contributed by atoms with Gasteiger partial charge < -0.3 is 24.6 Å². The monoisotopic (exact) mass is 343 g/mol. The smallest absolute Gasteiger partial charge is 0.412 e. The molecular formula is C16H27N2O6. The lowest BCUT2D eigenvalue weighted by molar-refractivity contribution is -0.242. The third-order valence-electron chi connectivity index (χ3n) is 4.30. The van der Waals surface area contributed by atoms with E-state index >= 15 is 0 Å². The van der Waals surface area contributed by atoms with Gasteiger partial charge in [0.1, 0.15) is 11.3 Å². The van der Waals surface area contributed by atoms with Gasteiger partial charge in [0.05, 0.1) is 30.9 Å². The predicted molar refractivity (Wildman–Crippen MR) is 84.2 cm³/mol. The molecule has 2 N–H and O–H groups in total. The molecule has 137 valence electrons. The van der Waals surface area contributed by atoms with Gasteiger partial charge in [0.2, 0.25) is 0 Å². The molecule has 1 saturated heterocycles. The molecule has 1 radical (unpaired) electrons. The molecule has 1 fully saturated rings. The second kappa shape index (κ2) is 6.27. The first kappa shape index (κ1) is 19.1. The summed E-state index contributed by atoms with van der Waals surface area (Å²) in [6.45, 7) is 10.5. The van der Waals surface area contributed by atoms with E-state index in [2.05, 4.69) is 5.32 Å². The lowest BCUT2D eigenvalue weighted by atomic mass is 10.1. The third-order valence-corrected chi connectivity index (χ3v) is 4.30. The van der Waals surface area contributed by atoms with E-state index in [1.165, 1.54) is 0 Å². The minimum atomic E-state index is -0.954. The lowest BCUT2D eigenvalue weighted by Gasteiger charge is -2.33. The maximum Gasteiger partial charge on any atom is 0.412 e. The second-order valence-corrected chi connectivity index (χ2v) is 7.75. The van der Waals surface area contributed by atoms with Crippen LogP contribution in [0.4, 0.5) is 4.79 Å². The number of nitrogens with one attached hydrogen (secondary N) is 1. The number of nitrogens with zero attached hydrogens (tertiary/aromatic N) is 1. The Morgan fingerprint density at radius 1 is 1.25 bits per heavy atom. The van der Waals surface area contributed by atoms with E-state index in [1.54, 1.807) is 47.6 Å². The molecule has 2 rings (SSSR count). The number of alkyl carbamates (subject to hydrolysis) is 1. The number of rotatable bonds is 2. The van der Waals surface area contributed by atoms with Gasteiger partial charge in [-0.05, 0) is 47.6 Å². The van der Waals surface area contributed by atoms with Crippen LogP contribution in [-0.2, 0) is 19.4 Å². The highest BCUT2D eigenvalue weighted by atomic mass is 16.7. The summed E-state index contributed by atoms with van der Waals surface area (Å²) in [5, 5.41) is 25.8. The van der Waals surface area contributed by atoms with Crippen LogP contribution >= 0.6 is 0 Å². The molecule has 0 aromatic carbocycles. The van der Waals surface area contributed by atoms with E-state index in [9.17, 15) is 15.1 Å². The summed E-state index contributed by atoms with van der Waals surface area (Å²) in [7, 11) is 0. The van der Waals surface area contributed by atoms with Crippen molar-refractivity contribution >= 4 is 6.09 Å². The van der Waals surface area contributed by atoms with Gasteiger partial charge in [-0.15, -0.1) is 10.3 Å². The summed E-state index contributed by atoms with van der Waals surface area (Å²) < 4.78 is 16.2. The van der Waals surface area contributed by atoms with Crippen LogP contribution in [0, 0.1) is 0 Å². The molecular weight excluding hydrogens is 316 g/mol.